The Morgan fingerprint density at radius 3 is 2.30 bits per heavy atom. The van der Waals surface area contributed by atoms with Crippen molar-refractivity contribution in [2.24, 2.45) is 10.9 Å². The number of rotatable bonds is 1. The van der Waals surface area contributed by atoms with Crippen molar-refractivity contribution in [3.8, 4) is 0 Å². The van der Waals surface area contributed by atoms with E-state index in [2.05, 4.69) is 18.8 Å². The van der Waals surface area contributed by atoms with Crippen molar-refractivity contribution in [3.63, 3.8) is 0 Å². The van der Waals surface area contributed by atoms with Crippen LogP contribution in [-0.2, 0) is 0 Å². The summed E-state index contributed by atoms with van der Waals surface area (Å²) in [5, 5.41) is 9.22. The van der Waals surface area contributed by atoms with Gasteiger partial charge in [0.05, 0.1) is 6.54 Å². The minimum Gasteiger partial charge on any atom is -0.493 e. The molecule has 0 atom stereocenters. The second kappa shape index (κ2) is 2.45. The van der Waals surface area contributed by atoms with Gasteiger partial charge in [-0.1, -0.05) is 13.8 Å². The first kappa shape index (κ1) is 7.32. The van der Waals surface area contributed by atoms with Gasteiger partial charge in [-0.05, 0) is 18.4 Å². The van der Waals surface area contributed by atoms with Crippen molar-refractivity contribution in [3.05, 3.63) is 11.1 Å². The number of hydrogen-bond acceptors (Lipinski definition) is 1. The van der Waals surface area contributed by atoms with Gasteiger partial charge in [-0.25, -0.2) is 4.99 Å². The van der Waals surface area contributed by atoms with Crippen LogP contribution in [0.1, 0.15) is 20.8 Å². The Balaban J connectivity index is 2.90. The zero-order valence-corrected chi connectivity index (χ0v) is 6.68. The predicted octanol–water partition coefficient (Wildman–Crippen LogP) is 1.93. The molecule has 1 heterocycles. The maximum Gasteiger partial charge on any atom is 0.209 e. The van der Waals surface area contributed by atoms with Gasteiger partial charge in [0, 0.05) is 5.57 Å². The molecule has 0 bridgehead atoms. The normalized spacial score (nSPS) is 18.6. The molecule has 1 aliphatic heterocycles. The van der Waals surface area contributed by atoms with Crippen LogP contribution in [0.4, 0.5) is 0 Å². The van der Waals surface area contributed by atoms with Gasteiger partial charge in [-0.15, -0.1) is 0 Å². The second-order valence-corrected chi connectivity index (χ2v) is 2.99. The largest absolute Gasteiger partial charge is 0.493 e. The van der Waals surface area contributed by atoms with E-state index in [0.29, 0.717) is 12.5 Å². The fraction of sp³-hybridized carbons (Fsp3) is 0.625. The van der Waals surface area contributed by atoms with E-state index in [1.807, 2.05) is 6.92 Å². The van der Waals surface area contributed by atoms with Crippen LogP contribution in [0.15, 0.2) is 16.1 Å². The van der Waals surface area contributed by atoms with E-state index in [0.717, 1.165) is 5.57 Å². The third-order valence-corrected chi connectivity index (χ3v) is 1.74. The molecule has 2 nitrogen and oxygen atoms in total. The molecule has 0 fully saturated rings. The predicted molar refractivity (Wildman–Crippen MR) is 42.5 cm³/mol. The molecular formula is C8H13NO. The summed E-state index contributed by atoms with van der Waals surface area (Å²) in [6.45, 7) is 6.83. The average molecular weight is 139 g/mol. The van der Waals surface area contributed by atoms with E-state index in [1.165, 1.54) is 5.57 Å². The highest BCUT2D eigenvalue weighted by atomic mass is 16.3. The molecule has 1 aliphatic rings. The molecule has 0 aromatic rings. The first-order valence-corrected chi connectivity index (χ1v) is 3.56. The number of hydrogen-bond donors (Lipinski definition) is 1. The molecule has 0 aromatic carbocycles. The van der Waals surface area contributed by atoms with Crippen molar-refractivity contribution in [1.82, 2.24) is 0 Å². The van der Waals surface area contributed by atoms with Gasteiger partial charge in [0.15, 0.2) is 0 Å². The van der Waals surface area contributed by atoms with Crippen molar-refractivity contribution in [2.75, 3.05) is 6.54 Å². The lowest BCUT2D eigenvalue weighted by Gasteiger charge is -2.05. The molecule has 1 N–H and O–H groups in total. The van der Waals surface area contributed by atoms with Crippen LogP contribution in [0.3, 0.4) is 0 Å². The van der Waals surface area contributed by atoms with Gasteiger partial charge in [0.1, 0.15) is 0 Å². The van der Waals surface area contributed by atoms with Gasteiger partial charge in [0.2, 0.25) is 5.90 Å². The Labute approximate surface area is 61.3 Å². The van der Waals surface area contributed by atoms with Crippen molar-refractivity contribution in [2.45, 2.75) is 20.8 Å². The van der Waals surface area contributed by atoms with E-state index in [4.69, 9.17) is 0 Å². The quantitative estimate of drug-likeness (QED) is 0.591. The molecule has 0 radical (unpaired) electrons. The Morgan fingerprint density at radius 2 is 2.10 bits per heavy atom. The second-order valence-electron chi connectivity index (χ2n) is 2.99. The summed E-state index contributed by atoms with van der Waals surface area (Å²) in [5.74, 6) is 0.638. The number of nitrogens with zero attached hydrogens (tertiary/aromatic N) is 1. The summed E-state index contributed by atoms with van der Waals surface area (Å²) < 4.78 is 0. The van der Waals surface area contributed by atoms with Gasteiger partial charge in [-0.2, -0.15) is 0 Å². The smallest absolute Gasteiger partial charge is 0.209 e. The van der Waals surface area contributed by atoms with Crippen LogP contribution in [0, 0.1) is 5.92 Å². The highest BCUT2D eigenvalue weighted by molar-refractivity contribution is 5.95. The molecule has 56 valence electrons. The van der Waals surface area contributed by atoms with Gasteiger partial charge >= 0.3 is 0 Å². The Bertz CT molecular complexity index is 201. The van der Waals surface area contributed by atoms with E-state index < -0.39 is 0 Å². The van der Waals surface area contributed by atoms with Crippen molar-refractivity contribution < 1.29 is 5.11 Å². The summed E-state index contributed by atoms with van der Waals surface area (Å²) in [6.07, 6.45) is 0. The van der Waals surface area contributed by atoms with Crippen LogP contribution in [0.25, 0.3) is 0 Å². The van der Waals surface area contributed by atoms with Gasteiger partial charge < -0.3 is 5.11 Å². The van der Waals surface area contributed by atoms with Crippen LogP contribution in [-0.4, -0.2) is 17.5 Å². The topological polar surface area (TPSA) is 32.6 Å². The highest BCUT2D eigenvalue weighted by Crippen LogP contribution is 2.20. The van der Waals surface area contributed by atoms with E-state index in [1.54, 1.807) is 0 Å². The zero-order valence-electron chi connectivity index (χ0n) is 6.68. The Morgan fingerprint density at radius 1 is 1.50 bits per heavy atom. The third-order valence-electron chi connectivity index (χ3n) is 1.74. The molecule has 10 heavy (non-hydrogen) atoms. The highest BCUT2D eigenvalue weighted by Gasteiger charge is 2.17. The maximum absolute atomic E-state index is 9.22. The van der Waals surface area contributed by atoms with Crippen molar-refractivity contribution in [1.29, 1.82) is 0 Å². The molecule has 0 saturated carbocycles. The van der Waals surface area contributed by atoms with Gasteiger partial charge in [0.25, 0.3) is 0 Å². The van der Waals surface area contributed by atoms with Crippen LogP contribution >= 0.6 is 0 Å². The molecule has 0 spiro atoms. The van der Waals surface area contributed by atoms with E-state index >= 15 is 0 Å². The first-order valence-electron chi connectivity index (χ1n) is 3.56. The molecule has 0 unspecified atom stereocenters. The summed E-state index contributed by atoms with van der Waals surface area (Å²) in [7, 11) is 0. The number of aliphatic hydroxyl groups excluding tert-OH is 1. The number of aliphatic hydroxyl groups is 1. The Kier molecular flexibility index (Phi) is 1.79. The molecule has 1 rings (SSSR count). The molecular weight excluding hydrogens is 126 g/mol. The molecule has 0 amide bonds. The molecule has 0 aromatic heterocycles. The average Bonchev–Trinajstić information content (AvgIpc) is 2.11. The minimum atomic E-state index is 0.243. The maximum atomic E-state index is 9.22. The summed E-state index contributed by atoms with van der Waals surface area (Å²) in [5.41, 5.74) is 2.23. The molecule has 2 heteroatoms. The third kappa shape index (κ3) is 1.06. The fourth-order valence-corrected chi connectivity index (χ4v) is 1.31. The summed E-state index contributed by atoms with van der Waals surface area (Å²) >= 11 is 0. The lowest BCUT2D eigenvalue weighted by Crippen LogP contribution is -2.05. The minimum absolute atomic E-state index is 0.243. The standard InChI is InChI=1S/C8H13NO/c1-5(2)7-6(3)4-9-8(7)10/h5H,4H2,1-3H3,(H,9,10). The van der Waals surface area contributed by atoms with Crippen LogP contribution < -0.4 is 0 Å². The van der Waals surface area contributed by atoms with Crippen LogP contribution in [0.5, 0.6) is 0 Å². The zero-order chi connectivity index (χ0) is 7.72. The van der Waals surface area contributed by atoms with Gasteiger partial charge in [-0.3, -0.25) is 0 Å². The molecule has 0 aliphatic carbocycles. The molecule has 0 saturated heterocycles. The summed E-state index contributed by atoms with van der Waals surface area (Å²) in [4.78, 5) is 3.92. The number of aliphatic imine (C=N–C) groups is 1. The Hall–Kier alpha value is -0.790. The summed E-state index contributed by atoms with van der Waals surface area (Å²) in [6, 6.07) is 0. The lowest BCUT2D eigenvalue weighted by molar-refractivity contribution is 0.543. The SMILES string of the molecule is CC1=C(C(C)C)C(O)=NC1. The fourth-order valence-electron chi connectivity index (χ4n) is 1.31. The van der Waals surface area contributed by atoms with E-state index in [-0.39, 0.29) is 5.90 Å². The van der Waals surface area contributed by atoms with Crippen LogP contribution in [0.2, 0.25) is 0 Å². The lowest BCUT2D eigenvalue weighted by atomic mass is 10.00. The first-order chi connectivity index (χ1) is 4.63. The monoisotopic (exact) mass is 139 g/mol. The van der Waals surface area contributed by atoms with E-state index in [9.17, 15) is 5.11 Å². The van der Waals surface area contributed by atoms with Crippen molar-refractivity contribution >= 4 is 5.90 Å².